The number of carbonyl (C=O) groups is 1. The van der Waals surface area contributed by atoms with Crippen LogP contribution in [0.1, 0.15) is 46.4 Å². The van der Waals surface area contributed by atoms with Crippen molar-refractivity contribution in [2.24, 2.45) is 0 Å². The number of pyridine rings is 1. The quantitative estimate of drug-likeness (QED) is 0.430. The lowest BCUT2D eigenvalue weighted by Gasteiger charge is -2.30. The van der Waals surface area contributed by atoms with Crippen molar-refractivity contribution in [2.75, 3.05) is 27.3 Å². The molecule has 4 heterocycles. The van der Waals surface area contributed by atoms with Gasteiger partial charge in [-0.1, -0.05) is 5.16 Å². The van der Waals surface area contributed by atoms with Gasteiger partial charge in [0.25, 0.3) is 5.91 Å². The molecule has 1 aliphatic heterocycles. The number of piperidine rings is 1. The molecule has 0 saturated carbocycles. The Balaban J connectivity index is 1.29. The number of hydrogen-bond acceptors (Lipinski definition) is 8. The number of fused-ring (bicyclic) bond motifs is 1. The van der Waals surface area contributed by atoms with Crippen molar-refractivity contribution < 1.29 is 18.8 Å². The molecule has 1 amide bonds. The number of hydrogen-bond donors (Lipinski definition) is 0. The van der Waals surface area contributed by atoms with E-state index in [2.05, 4.69) is 20.2 Å². The summed E-state index contributed by atoms with van der Waals surface area (Å²) >= 11 is 0. The van der Waals surface area contributed by atoms with Crippen LogP contribution in [0.5, 0.6) is 11.5 Å². The lowest BCUT2D eigenvalue weighted by atomic mass is 9.96. The van der Waals surface area contributed by atoms with Gasteiger partial charge in [-0.15, -0.1) is 0 Å². The zero-order chi connectivity index (χ0) is 23.7. The Bertz CT molecular complexity index is 1320. The molecule has 0 N–H and O–H groups in total. The number of aromatic nitrogens is 5. The highest BCUT2D eigenvalue weighted by Crippen LogP contribution is 2.28. The molecule has 1 fully saturated rings. The highest BCUT2D eigenvalue weighted by atomic mass is 16.5. The molecule has 0 aliphatic carbocycles. The maximum Gasteiger partial charge on any atom is 0.255 e. The second kappa shape index (κ2) is 9.12. The summed E-state index contributed by atoms with van der Waals surface area (Å²) in [5.41, 5.74) is 2.22. The van der Waals surface area contributed by atoms with Gasteiger partial charge in [0.05, 0.1) is 32.5 Å². The summed E-state index contributed by atoms with van der Waals surface area (Å²) in [4.78, 5) is 23.9. The van der Waals surface area contributed by atoms with Crippen molar-refractivity contribution in [1.82, 2.24) is 29.8 Å². The maximum atomic E-state index is 13.1. The normalized spacial score (nSPS) is 14.5. The summed E-state index contributed by atoms with van der Waals surface area (Å²) in [5.74, 6) is 2.91. The first kappa shape index (κ1) is 21.9. The Morgan fingerprint density at radius 1 is 1.15 bits per heavy atom. The number of nitrogens with zero attached hydrogens (tertiary/aromatic N) is 6. The van der Waals surface area contributed by atoms with Crippen LogP contribution < -0.4 is 9.47 Å². The fourth-order valence-corrected chi connectivity index (χ4v) is 4.34. The van der Waals surface area contributed by atoms with Gasteiger partial charge in [-0.2, -0.15) is 10.1 Å². The molecule has 5 rings (SSSR count). The third-order valence-electron chi connectivity index (χ3n) is 6.21. The number of likely N-dealkylation sites (tertiary alicyclic amines) is 1. The molecule has 0 radical (unpaired) electrons. The lowest BCUT2D eigenvalue weighted by molar-refractivity contribution is 0.0704. The van der Waals surface area contributed by atoms with Crippen LogP contribution in [0.25, 0.3) is 11.0 Å². The van der Waals surface area contributed by atoms with E-state index in [9.17, 15) is 4.79 Å². The first-order valence-electron chi connectivity index (χ1n) is 11.2. The molecular formula is C24H26N6O4. The lowest BCUT2D eigenvalue weighted by Crippen LogP contribution is -2.38. The first-order chi connectivity index (χ1) is 16.6. The Morgan fingerprint density at radius 3 is 2.68 bits per heavy atom. The smallest absolute Gasteiger partial charge is 0.255 e. The van der Waals surface area contributed by atoms with E-state index in [4.69, 9.17) is 14.0 Å². The van der Waals surface area contributed by atoms with Crippen molar-refractivity contribution in [1.29, 1.82) is 0 Å². The van der Waals surface area contributed by atoms with Crippen LogP contribution in [-0.2, 0) is 6.54 Å². The molecule has 1 aromatic carbocycles. The number of carbonyl (C=O) groups excluding carboxylic acids is 1. The zero-order valence-electron chi connectivity index (χ0n) is 19.4. The summed E-state index contributed by atoms with van der Waals surface area (Å²) in [6.07, 6.45) is 4.95. The average molecular weight is 463 g/mol. The molecule has 176 valence electrons. The van der Waals surface area contributed by atoms with Crippen molar-refractivity contribution >= 4 is 16.9 Å². The van der Waals surface area contributed by atoms with Gasteiger partial charge in [-0.25, -0.2) is 9.67 Å². The van der Waals surface area contributed by atoms with E-state index in [0.717, 1.165) is 29.5 Å². The molecule has 4 aromatic rings. The van der Waals surface area contributed by atoms with Crippen molar-refractivity contribution in [3.8, 4) is 11.5 Å². The maximum absolute atomic E-state index is 13.1. The van der Waals surface area contributed by atoms with Crippen LogP contribution in [0, 0.1) is 6.92 Å². The van der Waals surface area contributed by atoms with Gasteiger partial charge in [0.1, 0.15) is 11.5 Å². The van der Waals surface area contributed by atoms with Crippen LogP contribution >= 0.6 is 0 Å². The van der Waals surface area contributed by atoms with Gasteiger partial charge < -0.3 is 18.9 Å². The summed E-state index contributed by atoms with van der Waals surface area (Å²) in [6, 6.07) is 7.53. The molecule has 0 unspecified atom stereocenters. The second-order valence-corrected chi connectivity index (χ2v) is 8.36. The summed E-state index contributed by atoms with van der Waals surface area (Å²) in [6.45, 7) is 3.57. The predicted octanol–water partition coefficient (Wildman–Crippen LogP) is 3.21. The highest BCUT2D eigenvalue weighted by molar-refractivity contribution is 5.96. The SMILES string of the molecule is COc1ccc(Cn2ncc3cc(C(=O)N4CCC(c5nc(C)no5)CC4)cnc32)c(OC)c1. The molecule has 1 aliphatic rings. The minimum atomic E-state index is -0.0286. The minimum absolute atomic E-state index is 0.0286. The van der Waals surface area contributed by atoms with E-state index in [1.54, 1.807) is 31.3 Å². The van der Waals surface area contributed by atoms with E-state index in [0.29, 0.717) is 48.3 Å². The molecule has 0 bridgehead atoms. The number of amides is 1. The molecule has 10 nitrogen and oxygen atoms in total. The minimum Gasteiger partial charge on any atom is -0.497 e. The highest BCUT2D eigenvalue weighted by Gasteiger charge is 2.28. The first-order valence-corrected chi connectivity index (χ1v) is 11.2. The van der Waals surface area contributed by atoms with Gasteiger partial charge in [-0.05, 0) is 38.0 Å². The van der Waals surface area contributed by atoms with Crippen LogP contribution in [0.2, 0.25) is 0 Å². The third kappa shape index (κ3) is 4.18. The largest absolute Gasteiger partial charge is 0.497 e. The van der Waals surface area contributed by atoms with Gasteiger partial charge in [0, 0.05) is 42.2 Å². The Labute approximate surface area is 196 Å². The number of ether oxygens (including phenoxy) is 2. The van der Waals surface area contributed by atoms with E-state index >= 15 is 0 Å². The molecule has 3 aromatic heterocycles. The van der Waals surface area contributed by atoms with Crippen LogP contribution in [0.3, 0.4) is 0 Å². The number of rotatable bonds is 6. The van der Waals surface area contributed by atoms with E-state index < -0.39 is 0 Å². The van der Waals surface area contributed by atoms with Gasteiger partial charge in [0.2, 0.25) is 5.89 Å². The summed E-state index contributed by atoms with van der Waals surface area (Å²) in [7, 11) is 3.25. The summed E-state index contributed by atoms with van der Waals surface area (Å²) < 4.78 is 17.9. The average Bonchev–Trinajstić information content (AvgIpc) is 3.49. The molecule has 10 heteroatoms. The van der Waals surface area contributed by atoms with Crippen molar-refractivity contribution in [3.05, 3.63) is 59.5 Å². The van der Waals surface area contributed by atoms with Gasteiger partial charge in [0.15, 0.2) is 11.5 Å². The fourth-order valence-electron chi connectivity index (χ4n) is 4.34. The zero-order valence-corrected chi connectivity index (χ0v) is 19.4. The molecule has 0 atom stereocenters. The van der Waals surface area contributed by atoms with Crippen LogP contribution in [0.4, 0.5) is 0 Å². The second-order valence-electron chi connectivity index (χ2n) is 8.36. The Kier molecular flexibility index (Phi) is 5.87. The van der Waals surface area contributed by atoms with Crippen molar-refractivity contribution in [3.63, 3.8) is 0 Å². The number of methoxy groups -OCH3 is 2. The molecule has 0 spiro atoms. The summed E-state index contributed by atoms with van der Waals surface area (Å²) in [5, 5.41) is 9.17. The van der Waals surface area contributed by atoms with E-state index in [1.807, 2.05) is 36.1 Å². The standard InChI is InChI=1S/C24H26N6O4/c1-15-27-23(34-28-15)16-6-8-29(9-7-16)24(31)19-10-18-13-26-30(22(18)25-12-19)14-17-4-5-20(32-2)11-21(17)33-3/h4-5,10-13,16H,6-9,14H2,1-3H3. The molecule has 34 heavy (non-hydrogen) atoms. The Hall–Kier alpha value is -3.95. The van der Waals surface area contributed by atoms with Crippen LogP contribution in [-0.4, -0.2) is 63.0 Å². The third-order valence-corrected chi connectivity index (χ3v) is 6.21. The van der Waals surface area contributed by atoms with Gasteiger partial charge >= 0.3 is 0 Å². The topological polar surface area (TPSA) is 108 Å². The molecular weight excluding hydrogens is 436 g/mol. The van der Waals surface area contributed by atoms with E-state index in [-0.39, 0.29) is 11.8 Å². The monoisotopic (exact) mass is 462 g/mol. The van der Waals surface area contributed by atoms with Gasteiger partial charge in [-0.3, -0.25) is 4.79 Å². The van der Waals surface area contributed by atoms with E-state index in [1.165, 1.54) is 0 Å². The predicted molar refractivity (Wildman–Crippen MR) is 123 cm³/mol. The Morgan fingerprint density at radius 2 is 1.97 bits per heavy atom. The van der Waals surface area contributed by atoms with Crippen LogP contribution in [0.15, 0.2) is 41.2 Å². The number of aryl methyl sites for hydroxylation is 1. The molecule has 1 saturated heterocycles. The fraction of sp³-hybridized carbons (Fsp3) is 0.375. The van der Waals surface area contributed by atoms with Crippen molar-refractivity contribution in [2.45, 2.75) is 32.2 Å². The number of benzene rings is 1.